The molecule has 174 valence electrons. The van der Waals surface area contributed by atoms with E-state index in [2.05, 4.69) is 15.0 Å². The Morgan fingerprint density at radius 1 is 0.971 bits per heavy atom. The fraction of sp³-hybridized carbons (Fsp3) is 0.0476. The van der Waals surface area contributed by atoms with E-state index in [1.165, 1.54) is 24.3 Å². The molecule has 1 amide bonds. The van der Waals surface area contributed by atoms with E-state index in [1.807, 2.05) is 0 Å². The lowest BCUT2D eigenvalue weighted by molar-refractivity contribution is -0.380. The van der Waals surface area contributed by atoms with Gasteiger partial charge >= 0.3 is 11.4 Å². The highest BCUT2D eigenvalue weighted by Crippen LogP contribution is 2.41. The average molecular weight is 507 g/mol. The minimum atomic E-state index is -4.82. The number of halogens is 3. The highest BCUT2D eigenvalue weighted by molar-refractivity contribution is 7.19. The summed E-state index contributed by atoms with van der Waals surface area (Å²) < 4.78 is 47.1. The first-order valence-corrected chi connectivity index (χ1v) is 11.0. The molecule has 0 saturated heterocycles. The Morgan fingerprint density at radius 3 is 2.29 bits per heavy atom. The van der Waals surface area contributed by atoms with Gasteiger partial charge in [0.15, 0.2) is 5.13 Å². The molecule has 0 unspecified atom stereocenters. The van der Waals surface area contributed by atoms with Crippen molar-refractivity contribution >= 4 is 38.7 Å². The van der Waals surface area contributed by atoms with Gasteiger partial charge in [-0.2, -0.15) is 0 Å². The van der Waals surface area contributed by atoms with Crippen molar-refractivity contribution in [3.63, 3.8) is 0 Å². The zero-order chi connectivity index (χ0) is 24.3. The van der Waals surface area contributed by atoms with E-state index in [0.717, 1.165) is 23.5 Å². The monoisotopic (exact) mass is 507 g/mol. The van der Waals surface area contributed by atoms with Gasteiger partial charge in [0.1, 0.15) is 17.2 Å². The maximum Gasteiger partial charge on any atom is 0.573 e. The van der Waals surface area contributed by atoms with Gasteiger partial charge in [0.05, 0.1) is 9.80 Å². The molecule has 0 bridgehead atoms. The smallest absolute Gasteiger partial charge is 0.444 e. The fourth-order valence-corrected chi connectivity index (χ4v) is 4.30. The molecule has 4 rings (SSSR count). The maximum absolute atomic E-state index is 12.5. The van der Waals surface area contributed by atoms with Gasteiger partial charge < -0.3 is 9.47 Å². The standard InChI is InChI=1S/C21H12F3N3O5S2/c22-21(23,24)32-14-8-6-12(7-9-14)17-19(31-13-4-2-1-3-5-13)34-20(25-17)26-18(28)15-10-11-16(33-15)27(29)30/h1-11H,(H,25,26,28). The molecule has 2 heterocycles. The topological polar surface area (TPSA) is 104 Å². The third-order valence-electron chi connectivity index (χ3n) is 4.13. The van der Waals surface area contributed by atoms with Crippen molar-refractivity contribution in [3.05, 3.63) is 81.7 Å². The molecule has 0 atom stereocenters. The van der Waals surface area contributed by atoms with E-state index in [4.69, 9.17) is 4.74 Å². The lowest BCUT2D eigenvalue weighted by Crippen LogP contribution is -2.16. The number of carbonyl (C=O) groups excluding carboxylic acids is 1. The van der Waals surface area contributed by atoms with Gasteiger partial charge in [-0.3, -0.25) is 20.2 Å². The summed E-state index contributed by atoms with van der Waals surface area (Å²) >= 11 is 1.71. The molecule has 4 aromatic rings. The molecule has 0 aliphatic carbocycles. The van der Waals surface area contributed by atoms with Crippen LogP contribution in [0.2, 0.25) is 0 Å². The number of aromatic nitrogens is 1. The van der Waals surface area contributed by atoms with Crippen LogP contribution in [0.4, 0.5) is 23.3 Å². The maximum atomic E-state index is 12.5. The number of ether oxygens (including phenoxy) is 2. The largest absolute Gasteiger partial charge is 0.573 e. The van der Waals surface area contributed by atoms with Crippen molar-refractivity contribution in [1.29, 1.82) is 0 Å². The first-order valence-electron chi connectivity index (χ1n) is 9.33. The number of amides is 1. The Morgan fingerprint density at radius 2 is 1.68 bits per heavy atom. The van der Waals surface area contributed by atoms with E-state index >= 15 is 0 Å². The first-order chi connectivity index (χ1) is 16.2. The van der Waals surface area contributed by atoms with Crippen molar-refractivity contribution in [3.8, 4) is 27.8 Å². The van der Waals surface area contributed by atoms with Crippen molar-refractivity contribution in [2.75, 3.05) is 5.32 Å². The van der Waals surface area contributed by atoms with Gasteiger partial charge in [-0.25, -0.2) is 4.98 Å². The molecule has 34 heavy (non-hydrogen) atoms. The number of hydrogen-bond donors (Lipinski definition) is 1. The molecule has 2 aromatic heterocycles. The lowest BCUT2D eigenvalue weighted by atomic mass is 10.1. The number of nitro groups is 1. The molecule has 0 radical (unpaired) electrons. The van der Waals surface area contributed by atoms with E-state index in [9.17, 15) is 28.1 Å². The zero-order valence-electron chi connectivity index (χ0n) is 16.7. The van der Waals surface area contributed by atoms with Crippen molar-refractivity contribution < 1.29 is 32.4 Å². The number of hydrogen-bond acceptors (Lipinski definition) is 8. The van der Waals surface area contributed by atoms with E-state index in [0.29, 0.717) is 22.6 Å². The van der Waals surface area contributed by atoms with Crippen LogP contribution in [0.1, 0.15) is 9.67 Å². The molecule has 0 fully saturated rings. The number of para-hydroxylation sites is 1. The van der Waals surface area contributed by atoms with Crippen LogP contribution in [0.25, 0.3) is 11.3 Å². The minimum absolute atomic E-state index is 0.114. The summed E-state index contributed by atoms with van der Waals surface area (Å²) in [6.07, 6.45) is -4.82. The molecule has 0 aliphatic rings. The van der Waals surface area contributed by atoms with Crippen LogP contribution in [-0.4, -0.2) is 22.2 Å². The summed E-state index contributed by atoms with van der Waals surface area (Å²) in [5, 5.41) is 13.7. The highest BCUT2D eigenvalue weighted by atomic mass is 32.1. The quantitative estimate of drug-likeness (QED) is 0.220. The third-order valence-corrected chi connectivity index (χ3v) is 6.01. The SMILES string of the molecule is O=C(Nc1nc(-c2ccc(OC(F)(F)F)cc2)c(Oc2ccccc2)s1)c1ccc([N+](=O)[O-])s1. The third kappa shape index (κ3) is 5.68. The van der Waals surface area contributed by atoms with Gasteiger partial charge in [0.25, 0.3) is 5.91 Å². The Kier molecular flexibility index (Phi) is 6.47. The molecule has 2 aromatic carbocycles. The highest BCUT2D eigenvalue weighted by Gasteiger charge is 2.31. The van der Waals surface area contributed by atoms with Crippen molar-refractivity contribution in [2.24, 2.45) is 0 Å². The second kappa shape index (κ2) is 9.49. The molecular weight excluding hydrogens is 495 g/mol. The second-order valence-electron chi connectivity index (χ2n) is 6.49. The summed E-state index contributed by atoms with van der Waals surface area (Å²) in [5.74, 6) is -0.514. The van der Waals surface area contributed by atoms with Gasteiger partial charge in [-0.15, -0.1) is 13.2 Å². The van der Waals surface area contributed by atoms with Gasteiger partial charge in [0.2, 0.25) is 5.06 Å². The Hall–Kier alpha value is -3.97. The summed E-state index contributed by atoms with van der Waals surface area (Å²) in [6.45, 7) is 0. The molecule has 0 saturated carbocycles. The number of benzene rings is 2. The minimum Gasteiger partial charge on any atom is -0.444 e. The predicted molar refractivity (Wildman–Crippen MR) is 120 cm³/mol. The van der Waals surface area contributed by atoms with Gasteiger partial charge in [-0.1, -0.05) is 40.9 Å². The molecule has 13 heteroatoms. The number of thiazole rings is 1. The summed E-state index contributed by atoms with van der Waals surface area (Å²) in [5.41, 5.74) is 0.698. The molecular formula is C21H12F3N3O5S2. The van der Waals surface area contributed by atoms with Gasteiger partial charge in [-0.05, 0) is 42.5 Å². The van der Waals surface area contributed by atoms with Crippen LogP contribution < -0.4 is 14.8 Å². The zero-order valence-corrected chi connectivity index (χ0v) is 18.4. The van der Waals surface area contributed by atoms with E-state index in [1.54, 1.807) is 30.3 Å². The normalized spacial score (nSPS) is 11.1. The van der Waals surface area contributed by atoms with Crippen LogP contribution in [0.5, 0.6) is 16.6 Å². The summed E-state index contributed by atoms with van der Waals surface area (Å²) in [6, 6.07) is 16.3. The molecule has 8 nitrogen and oxygen atoms in total. The molecule has 0 aliphatic heterocycles. The van der Waals surface area contributed by atoms with Gasteiger partial charge in [0, 0.05) is 11.6 Å². The molecule has 0 spiro atoms. The number of nitrogens with one attached hydrogen (secondary N) is 1. The van der Waals surface area contributed by atoms with Crippen LogP contribution in [0.3, 0.4) is 0 Å². The fourth-order valence-electron chi connectivity index (χ4n) is 2.73. The predicted octanol–water partition coefficient (Wildman–Crippen LogP) is 6.72. The van der Waals surface area contributed by atoms with Crippen molar-refractivity contribution in [1.82, 2.24) is 4.98 Å². The Bertz CT molecular complexity index is 1320. The number of nitrogens with zero attached hydrogens (tertiary/aromatic N) is 2. The Balaban J connectivity index is 1.63. The number of alkyl halides is 3. The number of rotatable bonds is 7. The van der Waals surface area contributed by atoms with Crippen LogP contribution in [-0.2, 0) is 0 Å². The first kappa shape index (κ1) is 23.2. The second-order valence-corrected chi connectivity index (χ2v) is 8.52. The summed E-state index contributed by atoms with van der Waals surface area (Å²) in [4.78, 5) is 27.3. The van der Waals surface area contributed by atoms with Crippen LogP contribution in [0, 0.1) is 10.1 Å². The van der Waals surface area contributed by atoms with E-state index < -0.39 is 22.9 Å². The van der Waals surface area contributed by atoms with Crippen LogP contribution >= 0.6 is 22.7 Å². The number of carbonyl (C=O) groups is 1. The summed E-state index contributed by atoms with van der Waals surface area (Å²) in [7, 11) is 0. The number of anilines is 1. The van der Waals surface area contributed by atoms with Crippen molar-refractivity contribution in [2.45, 2.75) is 6.36 Å². The number of thiophene rings is 1. The van der Waals surface area contributed by atoms with Crippen LogP contribution in [0.15, 0.2) is 66.7 Å². The molecule has 1 N–H and O–H groups in total. The Labute approximate surface area is 197 Å². The average Bonchev–Trinajstić information content (AvgIpc) is 3.42. The lowest BCUT2D eigenvalue weighted by Gasteiger charge is -2.09. The van der Waals surface area contributed by atoms with E-state index in [-0.39, 0.29) is 25.8 Å².